The third kappa shape index (κ3) is 7.43. The molecule has 0 saturated carbocycles. The van der Waals surface area contributed by atoms with E-state index in [0.717, 1.165) is 43.6 Å². The van der Waals surface area contributed by atoms with Crippen molar-refractivity contribution in [3.8, 4) is 0 Å². The minimum Gasteiger partial charge on any atom is -0.374 e. The molecule has 0 bridgehead atoms. The maximum absolute atomic E-state index is 12.2. The highest BCUT2D eigenvalue weighted by Gasteiger charge is 2.21. The van der Waals surface area contributed by atoms with E-state index in [1.165, 1.54) is 0 Å². The zero-order chi connectivity index (χ0) is 18.8. The highest BCUT2D eigenvalue weighted by Crippen LogP contribution is 2.07. The monoisotopic (exact) mass is 380 g/mol. The molecule has 1 saturated heterocycles. The van der Waals surface area contributed by atoms with Crippen LogP contribution in [0.5, 0.6) is 0 Å². The van der Waals surface area contributed by atoms with Gasteiger partial charge in [-0.3, -0.25) is 14.1 Å². The number of rotatable bonds is 8. The van der Waals surface area contributed by atoms with Gasteiger partial charge in [-0.25, -0.2) is 0 Å². The summed E-state index contributed by atoms with van der Waals surface area (Å²) in [4.78, 5) is 7.55. The van der Waals surface area contributed by atoms with Crippen molar-refractivity contribution < 1.29 is 8.95 Å². The molecule has 1 aromatic carbocycles. The second-order valence-electron chi connectivity index (χ2n) is 6.89. The fourth-order valence-corrected chi connectivity index (χ4v) is 3.95. The van der Waals surface area contributed by atoms with Gasteiger partial charge in [0.25, 0.3) is 0 Å². The van der Waals surface area contributed by atoms with Gasteiger partial charge in [0, 0.05) is 50.4 Å². The van der Waals surface area contributed by atoms with Crippen LogP contribution in [0.25, 0.3) is 0 Å². The van der Waals surface area contributed by atoms with Crippen LogP contribution >= 0.6 is 0 Å². The highest BCUT2D eigenvalue weighted by atomic mass is 32.2. The average Bonchev–Trinajstić information content (AvgIpc) is 2.65. The minimum absolute atomic E-state index is 0.166. The van der Waals surface area contributed by atoms with Gasteiger partial charge < -0.3 is 15.4 Å². The van der Waals surface area contributed by atoms with Crippen LogP contribution in [0.2, 0.25) is 0 Å². The second kappa shape index (κ2) is 11.3. The fourth-order valence-electron chi connectivity index (χ4n) is 2.97. The van der Waals surface area contributed by atoms with Crippen molar-refractivity contribution in [2.45, 2.75) is 24.8 Å². The number of aliphatic imine (C=N–C) groups is 1. The Morgan fingerprint density at radius 3 is 2.81 bits per heavy atom. The molecular weight excluding hydrogens is 348 g/mol. The molecule has 0 spiro atoms. The van der Waals surface area contributed by atoms with Gasteiger partial charge in [0.15, 0.2) is 5.96 Å². The Bertz CT molecular complexity index is 580. The van der Waals surface area contributed by atoms with Crippen molar-refractivity contribution in [3.05, 3.63) is 30.3 Å². The minimum atomic E-state index is -0.997. The molecule has 26 heavy (non-hydrogen) atoms. The lowest BCUT2D eigenvalue weighted by Gasteiger charge is -2.34. The molecule has 146 valence electrons. The van der Waals surface area contributed by atoms with E-state index in [1.54, 1.807) is 7.05 Å². The summed E-state index contributed by atoms with van der Waals surface area (Å²) in [7, 11) is 0.749. The number of nitrogens with one attached hydrogen (secondary N) is 2. The number of benzene rings is 1. The van der Waals surface area contributed by atoms with Crippen LogP contribution in [0.1, 0.15) is 13.8 Å². The molecule has 1 aliphatic heterocycles. The van der Waals surface area contributed by atoms with E-state index in [2.05, 4.69) is 34.4 Å². The van der Waals surface area contributed by atoms with E-state index in [9.17, 15) is 4.21 Å². The Morgan fingerprint density at radius 2 is 2.12 bits per heavy atom. The molecule has 0 amide bonds. The first kappa shape index (κ1) is 20.9. The van der Waals surface area contributed by atoms with Gasteiger partial charge in [-0.1, -0.05) is 32.0 Å². The standard InChI is InChI=1S/C19H32N4O2S/c1-16(2)14-23-10-11-25-17(15-23)13-22-19(20-3)21-9-12-26(24)18-7-5-4-6-8-18/h4-8,16-17H,9-15H2,1-3H3,(H2,20,21,22). The van der Waals surface area contributed by atoms with E-state index in [-0.39, 0.29) is 6.10 Å². The largest absolute Gasteiger partial charge is 0.374 e. The van der Waals surface area contributed by atoms with Crippen LogP contribution in [0.3, 0.4) is 0 Å². The van der Waals surface area contributed by atoms with Crippen LogP contribution in [0.4, 0.5) is 0 Å². The molecule has 1 aliphatic rings. The number of hydrogen-bond acceptors (Lipinski definition) is 4. The fraction of sp³-hybridized carbons (Fsp3) is 0.632. The van der Waals surface area contributed by atoms with Crippen molar-refractivity contribution in [2.24, 2.45) is 10.9 Å². The molecule has 2 rings (SSSR count). The summed E-state index contributed by atoms with van der Waals surface area (Å²) in [6.45, 7) is 9.65. The Kier molecular flexibility index (Phi) is 9.08. The van der Waals surface area contributed by atoms with Gasteiger partial charge in [0.05, 0.1) is 23.5 Å². The number of ether oxygens (including phenoxy) is 1. The molecule has 0 aromatic heterocycles. The Labute approximate surface area is 159 Å². The molecule has 1 heterocycles. The second-order valence-corrected chi connectivity index (χ2v) is 8.46. The molecule has 0 radical (unpaired) electrons. The summed E-state index contributed by atoms with van der Waals surface area (Å²) in [5, 5.41) is 6.54. The predicted octanol–water partition coefficient (Wildman–Crippen LogP) is 1.32. The van der Waals surface area contributed by atoms with Gasteiger partial charge >= 0.3 is 0 Å². The van der Waals surface area contributed by atoms with Gasteiger partial charge in [-0.05, 0) is 18.1 Å². The summed E-state index contributed by atoms with van der Waals surface area (Å²) in [6.07, 6.45) is 0.166. The van der Waals surface area contributed by atoms with Crippen LogP contribution in [0, 0.1) is 5.92 Å². The summed E-state index contributed by atoms with van der Waals surface area (Å²) in [6, 6.07) is 9.54. The van der Waals surface area contributed by atoms with Gasteiger partial charge in [-0.2, -0.15) is 0 Å². The molecule has 7 heteroatoms. The van der Waals surface area contributed by atoms with Crippen molar-refractivity contribution >= 4 is 16.8 Å². The number of guanidine groups is 1. The quantitative estimate of drug-likeness (QED) is 0.526. The molecule has 1 fully saturated rings. The summed E-state index contributed by atoms with van der Waals surface area (Å²) < 4.78 is 18.1. The smallest absolute Gasteiger partial charge is 0.191 e. The third-order valence-corrected chi connectivity index (χ3v) is 5.53. The van der Waals surface area contributed by atoms with E-state index in [4.69, 9.17) is 4.74 Å². The van der Waals surface area contributed by atoms with Gasteiger partial charge in [0.1, 0.15) is 0 Å². The zero-order valence-electron chi connectivity index (χ0n) is 16.1. The molecule has 2 unspecified atom stereocenters. The lowest BCUT2D eigenvalue weighted by Crippen LogP contribution is -2.50. The first-order valence-electron chi connectivity index (χ1n) is 9.30. The third-order valence-electron chi connectivity index (χ3n) is 4.15. The normalized spacial score (nSPS) is 20.2. The van der Waals surface area contributed by atoms with Crippen LogP contribution in [-0.4, -0.2) is 73.3 Å². The first-order valence-corrected chi connectivity index (χ1v) is 10.6. The van der Waals surface area contributed by atoms with E-state index in [0.29, 0.717) is 18.2 Å². The number of hydrogen-bond donors (Lipinski definition) is 2. The Morgan fingerprint density at radius 1 is 1.35 bits per heavy atom. The number of nitrogens with zero attached hydrogens (tertiary/aromatic N) is 2. The topological polar surface area (TPSA) is 66.0 Å². The lowest BCUT2D eigenvalue weighted by molar-refractivity contribution is -0.0284. The van der Waals surface area contributed by atoms with E-state index < -0.39 is 10.8 Å². The zero-order valence-corrected chi connectivity index (χ0v) is 16.9. The van der Waals surface area contributed by atoms with E-state index >= 15 is 0 Å². The highest BCUT2D eigenvalue weighted by molar-refractivity contribution is 7.85. The van der Waals surface area contributed by atoms with Crippen molar-refractivity contribution in [2.75, 3.05) is 52.1 Å². The lowest BCUT2D eigenvalue weighted by atomic mass is 10.2. The maximum Gasteiger partial charge on any atom is 0.191 e. The van der Waals surface area contributed by atoms with Crippen molar-refractivity contribution in [3.63, 3.8) is 0 Å². The van der Waals surface area contributed by atoms with Crippen molar-refractivity contribution in [1.29, 1.82) is 0 Å². The molecule has 2 N–H and O–H groups in total. The van der Waals surface area contributed by atoms with E-state index in [1.807, 2.05) is 30.3 Å². The van der Waals surface area contributed by atoms with Gasteiger partial charge in [-0.15, -0.1) is 0 Å². The molecule has 2 atom stereocenters. The summed E-state index contributed by atoms with van der Waals surface area (Å²) in [5.74, 6) is 1.94. The predicted molar refractivity (Wildman–Crippen MR) is 108 cm³/mol. The molecule has 0 aliphatic carbocycles. The van der Waals surface area contributed by atoms with Gasteiger partial charge in [0.2, 0.25) is 0 Å². The maximum atomic E-state index is 12.2. The molecular formula is C19H32N4O2S. The molecule has 1 aromatic rings. The van der Waals surface area contributed by atoms with Crippen LogP contribution in [-0.2, 0) is 15.5 Å². The summed E-state index contributed by atoms with van der Waals surface area (Å²) >= 11 is 0. The Hall–Kier alpha value is -1.44. The molecule has 6 nitrogen and oxygen atoms in total. The average molecular weight is 381 g/mol. The number of morpholine rings is 1. The first-order chi connectivity index (χ1) is 12.6. The Balaban J connectivity index is 1.68. The van der Waals surface area contributed by atoms with Crippen LogP contribution < -0.4 is 10.6 Å². The van der Waals surface area contributed by atoms with Crippen LogP contribution in [0.15, 0.2) is 40.2 Å². The SMILES string of the molecule is CN=C(NCCS(=O)c1ccccc1)NCC1CN(CC(C)C)CCO1. The summed E-state index contributed by atoms with van der Waals surface area (Å²) in [5.41, 5.74) is 0. The van der Waals surface area contributed by atoms with Crippen molar-refractivity contribution in [1.82, 2.24) is 15.5 Å².